The van der Waals surface area contributed by atoms with Crippen LogP contribution in [0.2, 0.25) is 0 Å². The fourth-order valence-electron chi connectivity index (χ4n) is 4.22. The predicted molar refractivity (Wildman–Crippen MR) is 161 cm³/mol. The van der Waals surface area contributed by atoms with Crippen molar-refractivity contribution in [3.05, 3.63) is 107 Å². The van der Waals surface area contributed by atoms with Gasteiger partial charge in [0, 0.05) is 37.6 Å². The van der Waals surface area contributed by atoms with E-state index < -0.39 is 0 Å². The first-order valence-electron chi connectivity index (χ1n) is 12.7. The van der Waals surface area contributed by atoms with Crippen molar-refractivity contribution in [1.82, 2.24) is 14.7 Å². The van der Waals surface area contributed by atoms with Crippen LogP contribution in [0.4, 0.5) is 0 Å². The predicted octanol–water partition coefficient (Wildman–Crippen LogP) is 6.66. The molecule has 0 N–H and O–H groups in total. The van der Waals surface area contributed by atoms with Crippen LogP contribution in [-0.2, 0) is 16.1 Å². The van der Waals surface area contributed by atoms with Crippen molar-refractivity contribution in [2.45, 2.75) is 20.0 Å². The smallest absolute Gasteiger partial charge is 0.266 e. The third-order valence-electron chi connectivity index (χ3n) is 6.29. The highest BCUT2D eigenvalue weighted by Crippen LogP contribution is 2.35. The second-order valence-corrected chi connectivity index (χ2v) is 10.9. The zero-order chi connectivity index (χ0) is 27.2. The summed E-state index contributed by atoms with van der Waals surface area (Å²) in [5, 5.41) is 4.92. The third kappa shape index (κ3) is 6.47. The number of methoxy groups -OCH3 is 1. The quantitative estimate of drug-likeness (QED) is 0.124. The number of nitrogens with zero attached hydrogens (tertiary/aromatic N) is 3. The molecule has 6 nitrogen and oxygen atoms in total. The maximum atomic E-state index is 13.2. The number of hydrogen-bond donors (Lipinski definition) is 0. The van der Waals surface area contributed by atoms with Crippen molar-refractivity contribution in [3.8, 4) is 22.7 Å². The van der Waals surface area contributed by atoms with E-state index >= 15 is 0 Å². The van der Waals surface area contributed by atoms with E-state index in [9.17, 15) is 4.79 Å². The Morgan fingerprint density at radius 3 is 2.59 bits per heavy atom. The molecule has 0 saturated carbocycles. The Labute approximate surface area is 238 Å². The molecule has 198 valence electrons. The molecule has 1 aliphatic heterocycles. The monoisotopic (exact) mass is 555 g/mol. The first-order valence-corrected chi connectivity index (χ1v) is 13.9. The molecule has 0 spiro atoms. The van der Waals surface area contributed by atoms with Crippen LogP contribution in [-0.4, -0.2) is 45.2 Å². The Balaban J connectivity index is 1.46. The van der Waals surface area contributed by atoms with E-state index in [1.807, 2.05) is 71.6 Å². The minimum Gasteiger partial charge on any atom is -0.489 e. The summed E-state index contributed by atoms with van der Waals surface area (Å²) >= 11 is 6.83. The topological polar surface area (TPSA) is 56.6 Å². The number of carbonyl (C=O) groups is 1. The van der Waals surface area contributed by atoms with Gasteiger partial charge in [-0.15, -0.1) is 0 Å². The van der Waals surface area contributed by atoms with Gasteiger partial charge in [-0.1, -0.05) is 84.1 Å². The third-order valence-corrected chi connectivity index (χ3v) is 7.67. The van der Waals surface area contributed by atoms with E-state index in [1.165, 1.54) is 17.3 Å². The molecular weight excluding hydrogens is 526 g/mol. The molecule has 4 aromatic rings. The summed E-state index contributed by atoms with van der Waals surface area (Å²) in [6, 6.07) is 26.1. The number of para-hydroxylation sites is 1. The van der Waals surface area contributed by atoms with Crippen molar-refractivity contribution in [3.63, 3.8) is 0 Å². The number of hydrogen-bond acceptors (Lipinski definition) is 6. The summed E-state index contributed by atoms with van der Waals surface area (Å²) < 4.78 is 13.6. The van der Waals surface area contributed by atoms with Gasteiger partial charge in [-0.3, -0.25) is 9.69 Å². The van der Waals surface area contributed by atoms with Crippen molar-refractivity contribution < 1.29 is 14.3 Å². The molecule has 0 unspecified atom stereocenters. The molecule has 1 aromatic heterocycles. The summed E-state index contributed by atoms with van der Waals surface area (Å²) in [7, 11) is 1.65. The molecule has 0 bridgehead atoms. The van der Waals surface area contributed by atoms with Crippen LogP contribution >= 0.6 is 24.0 Å². The molecule has 1 fully saturated rings. The van der Waals surface area contributed by atoms with Gasteiger partial charge in [-0.05, 0) is 49.2 Å². The van der Waals surface area contributed by atoms with Crippen molar-refractivity contribution in [2.75, 3.05) is 20.3 Å². The fourth-order valence-corrected chi connectivity index (χ4v) is 5.51. The highest BCUT2D eigenvalue weighted by Gasteiger charge is 2.32. The number of benzene rings is 3. The molecule has 3 aromatic carbocycles. The highest BCUT2D eigenvalue weighted by atomic mass is 32.2. The number of thiocarbonyl (C=S) groups is 1. The fraction of sp³-hybridized carbons (Fsp3) is 0.194. The molecule has 5 rings (SSSR count). The highest BCUT2D eigenvalue weighted by molar-refractivity contribution is 8.26. The van der Waals surface area contributed by atoms with Crippen molar-refractivity contribution >= 4 is 40.3 Å². The minimum atomic E-state index is -0.0882. The van der Waals surface area contributed by atoms with E-state index in [4.69, 9.17) is 26.8 Å². The summed E-state index contributed by atoms with van der Waals surface area (Å²) in [5.74, 6) is 0.660. The molecule has 1 aliphatic rings. The first kappa shape index (κ1) is 26.9. The Morgan fingerprint density at radius 1 is 1.03 bits per heavy atom. The lowest BCUT2D eigenvalue weighted by atomic mass is 10.1. The van der Waals surface area contributed by atoms with Crippen LogP contribution in [0.3, 0.4) is 0 Å². The lowest BCUT2D eigenvalue weighted by Crippen LogP contribution is -2.29. The Bertz CT molecular complexity index is 1500. The lowest BCUT2D eigenvalue weighted by Gasteiger charge is -2.13. The molecule has 2 heterocycles. The normalized spacial score (nSPS) is 14.4. The zero-order valence-corrected chi connectivity index (χ0v) is 23.5. The number of ether oxygens (including phenoxy) is 2. The minimum absolute atomic E-state index is 0.0882. The van der Waals surface area contributed by atoms with Crippen LogP contribution in [0.5, 0.6) is 5.75 Å². The first-order chi connectivity index (χ1) is 19.0. The Morgan fingerprint density at radius 2 is 1.82 bits per heavy atom. The van der Waals surface area contributed by atoms with E-state index in [1.54, 1.807) is 12.0 Å². The molecule has 0 aliphatic carbocycles. The van der Waals surface area contributed by atoms with Crippen molar-refractivity contribution in [1.29, 1.82) is 0 Å². The van der Waals surface area contributed by atoms with E-state index in [-0.39, 0.29) is 5.91 Å². The Kier molecular flexibility index (Phi) is 8.56. The van der Waals surface area contributed by atoms with E-state index in [0.717, 1.165) is 40.2 Å². The average molecular weight is 556 g/mol. The molecule has 39 heavy (non-hydrogen) atoms. The van der Waals surface area contributed by atoms with Gasteiger partial charge in [0.1, 0.15) is 22.4 Å². The van der Waals surface area contributed by atoms with Crippen LogP contribution < -0.4 is 4.74 Å². The van der Waals surface area contributed by atoms with E-state index in [2.05, 4.69) is 31.2 Å². The number of carbonyl (C=O) groups excluding carboxylic acids is 1. The number of thioether (sulfide) groups is 1. The zero-order valence-electron chi connectivity index (χ0n) is 21.9. The molecule has 0 atom stereocenters. The second-order valence-electron chi connectivity index (χ2n) is 9.19. The number of aromatic nitrogens is 2. The van der Waals surface area contributed by atoms with Gasteiger partial charge < -0.3 is 9.47 Å². The summed E-state index contributed by atoms with van der Waals surface area (Å²) in [4.78, 5) is 15.4. The second kappa shape index (κ2) is 12.4. The molecule has 1 amide bonds. The van der Waals surface area contributed by atoms with Gasteiger partial charge in [-0.25, -0.2) is 4.68 Å². The van der Waals surface area contributed by atoms with Gasteiger partial charge in [0.15, 0.2) is 0 Å². The lowest BCUT2D eigenvalue weighted by molar-refractivity contribution is -0.122. The van der Waals surface area contributed by atoms with Crippen molar-refractivity contribution in [2.24, 2.45) is 0 Å². The number of rotatable bonds is 10. The van der Waals surface area contributed by atoms with Crippen LogP contribution in [0.1, 0.15) is 23.1 Å². The Hall–Kier alpha value is -3.72. The van der Waals surface area contributed by atoms with Gasteiger partial charge >= 0.3 is 0 Å². The van der Waals surface area contributed by atoms with Crippen LogP contribution in [0, 0.1) is 6.92 Å². The SMILES string of the molecule is COCCCN1C(=O)/C(=C/c2cn(-c3ccccc3)nc2-c2cccc(OCc3ccc(C)cc3)c2)SC1=S. The summed E-state index contributed by atoms with van der Waals surface area (Å²) in [6.07, 6.45) is 4.56. The maximum Gasteiger partial charge on any atom is 0.266 e. The van der Waals surface area contributed by atoms with E-state index in [0.29, 0.717) is 29.0 Å². The maximum absolute atomic E-state index is 13.2. The largest absolute Gasteiger partial charge is 0.489 e. The van der Waals surface area contributed by atoms with Crippen LogP contribution in [0.15, 0.2) is 90.0 Å². The van der Waals surface area contributed by atoms with Crippen LogP contribution in [0.25, 0.3) is 23.0 Å². The summed E-state index contributed by atoms with van der Waals surface area (Å²) in [5.41, 5.74) is 5.73. The van der Waals surface area contributed by atoms with Gasteiger partial charge in [0.05, 0.1) is 10.6 Å². The molecule has 1 saturated heterocycles. The standard InChI is InChI=1S/C31H29N3O3S2/c1-22-12-14-23(15-13-22)21-37-27-11-6-8-24(18-27)29-25(20-34(32-29)26-9-4-3-5-10-26)19-28-30(35)33(31(38)39-28)16-7-17-36-2/h3-6,8-15,18-20H,7,16-17,21H2,1-2H3/b28-19-. The number of aryl methyl sites for hydroxylation is 1. The van der Waals surface area contributed by atoms with Gasteiger partial charge in [0.2, 0.25) is 0 Å². The number of amides is 1. The van der Waals surface area contributed by atoms with Gasteiger partial charge in [0.25, 0.3) is 5.91 Å². The molecular formula is C31H29N3O3S2. The summed E-state index contributed by atoms with van der Waals surface area (Å²) in [6.45, 7) is 3.65. The molecule has 8 heteroatoms. The average Bonchev–Trinajstić information content (AvgIpc) is 3.50. The molecule has 0 radical (unpaired) electrons. The van der Waals surface area contributed by atoms with Gasteiger partial charge in [-0.2, -0.15) is 5.10 Å².